The summed E-state index contributed by atoms with van der Waals surface area (Å²) in [6.45, 7) is 1.96. The third kappa shape index (κ3) is 4.82. The highest BCUT2D eigenvalue weighted by molar-refractivity contribution is 5.77. The second-order valence-electron chi connectivity index (χ2n) is 7.58. The predicted octanol–water partition coefficient (Wildman–Crippen LogP) is 5.87. The number of nitro groups is 1. The molecule has 0 saturated heterocycles. The lowest BCUT2D eigenvalue weighted by atomic mass is 9.66. The van der Waals surface area contributed by atoms with Gasteiger partial charge in [-0.25, -0.2) is 0 Å². The van der Waals surface area contributed by atoms with E-state index in [-0.39, 0.29) is 16.8 Å². The van der Waals surface area contributed by atoms with Gasteiger partial charge < -0.3 is 0 Å². The zero-order chi connectivity index (χ0) is 21.3. The first-order valence-corrected chi connectivity index (χ1v) is 10.4. The van der Waals surface area contributed by atoms with Crippen molar-refractivity contribution in [3.05, 3.63) is 118 Å². The quantitative estimate of drug-likeness (QED) is 0.241. The molecule has 0 radical (unpaired) electrons. The van der Waals surface area contributed by atoms with E-state index < -0.39 is 12.0 Å². The number of benzene rings is 2. The molecule has 4 nitrogen and oxygen atoms in total. The van der Waals surface area contributed by atoms with Crippen LogP contribution in [0.5, 0.6) is 0 Å². The zero-order valence-electron chi connectivity index (χ0n) is 17.1. The average Bonchev–Trinajstić information content (AvgIpc) is 2.79. The second-order valence-corrected chi connectivity index (χ2v) is 7.58. The van der Waals surface area contributed by atoms with Gasteiger partial charge in [-0.15, -0.1) is 0 Å². The average molecular weight is 402 g/mol. The minimum absolute atomic E-state index is 0.0850. The van der Waals surface area contributed by atoms with Gasteiger partial charge in [-0.05, 0) is 36.8 Å². The van der Waals surface area contributed by atoms with E-state index in [1.807, 2.05) is 91.9 Å². The summed E-state index contributed by atoms with van der Waals surface area (Å²) in [6, 6.07) is 18.2. The molecule has 0 fully saturated rings. The summed E-state index contributed by atoms with van der Waals surface area (Å²) in [5, 5.41) is 12.4. The molecule has 4 atom stereocenters. The van der Waals surface area contributed by atoms with Crippen LogP contribution in [-0.4, -0.2) is 17.3 Å². The highest BCUT2D eigenvalue weighted by atomic mass is 16.6. The summed E-state index contributed by atoms with van der Waals surface area (Å²) >= 11 is 0. The highest BCUT2D eigenvalue weighted by Crippen LogP contribution is 2.46. The Bertz CT molecular complexity index is 931. The molecule has 0 N–H and O–H groups in total. The second kappa shape index (κ2) is 10.5. The fourth-order valence-corrected chi connectivity index (χ4v) is 4.48. The molecular weight excluding hydrogens is 374 g/mol. The van der Waals surface area contributed by atoms with Crippen LogP contribution in [0.4, 0.5) is 0 Å². The van der Waals surface area contributed by atoms with Crippen molar-refractivity contribution in [1.82, 2.24) is 0 Å². The Kier molecular flexibility index (Phi) is 7.50. The van der Waals surface area contributed by atoms with Crippen LogP contribution in [0.2, 0.25) is 0 Å². The lowest BCUT2D eigenvalue weighted by Crippen LogP contribution is -2.41. The molecule has 2 aromatic carbocycles. The lowest BCUT2D eigenvalue weighted by Gasteiger charge is -2.37. The largest absolute Gasteiger partial charge is 0.298 e. The number of rotatable bonds is 8. The third-order valence-corrected chi connectivity index (χ3v) is 5.77. The molecule has 0 amide bonds. The number of carbonyl (C=O) groups is 1. The van der Waals surface area contributed by atoms with E-state index in [4.69, 9.17) is 0 Å². The van der Waals surface area contributed by atoms with Crippen molar-refractivity contribution in [3.63, 3.8) is 0 Å². The fourth-order valence-electron chi connectivity index (χ4n) is 4.48. The summed E-state index contributed by atoms with van der Waals surface area (Å²) in [6.07, 6.45) is 12.3. The molecule has 154 valence electrons. The SMILES string of the molecule is C/C=C/C=C/CC[C@H]1C=C(C=O)[C@@H](c2ccccc2)[C@H]([N+](=O)[O-])[C@@H]1c1ccccc1. The number of carbonyl (C=O) groups excluding carboxylic acids is 1. The van der Waals surface area contributed by atoms with E-state index in [0.717, 1.165) is 30.3 Å². The Morgan fingerprint density at radius 3 is 2.17 bits per heavy atom. The molecule has 0 aliphatic heterocycles. The molecule has 4 heteroatoms. The molecule has 2 aromatic rings. The van der Waals surface area contributed by atoms with Gasteiger partial charge in [0.2, 0.25) is 6.04 Å². The first-order valence-electron chi connectivity index (χ1n) is 10.4. The van der Waals surface area contributed by atoms with Gasteiger partial charge in [-0.2, -0.15) is 0 Å². The van der Waals surface area contributed by atoms with E-state index in [2.05, 4.69) is 6.08 Å². The van der Waals surface area contributed by atoms with E-state index in [9.17, 15) is 14.9 Å². The van der Waals surface area contributed by atoms with E-state index >= 15 is 0 Å². The van der Waals surface area contributed by atoms with E-state index in [1.54, 1.807) is 0 Å². The minimum Gasteiger partial charge on any atom is -0.298 e. The highest BCUT2D eigenvalue weighted by Gasteiger charge is 2.48. The third-order valence-electron chi connectivity index (χ3n) is 5.77. The molecule has 0 bridgehead atoms. The maximum Gasteiger partial charge on any atom is 0.231 e. The fraction of sp³-hybridized carbons (Fsp3) is 0.269. The molecule has 30 heavy (non-hydrogen) atoms. The summed E-state index contributed by atoms with van der Waals surface area (Å²) in [4.78, 5) is 24.2. The number of hydrogen-bond donors (Lipinski definition) is 0. The topological polar surface area (TPSA) is 60.2 Å². The van der Waals surface area contributed by atoms with Gasteiger partial charge in [0.15, 0.2) is 0 Å². The molecule has 0 heterocycles. The monoisotopic (exact) mass is 401 g/mol. The molecule has 0 aromatic heterocycles. The van der Waals surface area contributed by atoms with Crippen LogP contribution < -0.4 is 0 Å². The van der Waals surface area contributed by atoms with Crippen LogP contribution in [0.1, 0.15) is 42.7 Å². The maximum absolute atomic E-state index is 12.4. The van der Waals surface area contributed by atoms with Crippen LogP contribution in [0.3, 0.4) is 0 Å². The maximum atomic E-state index is 12.4. The van der Waals surface area contributed by atoms with Gasteiger partial charge in [0.25, 0.3) is 0 Å². The van der Waals surface area contributed by atoms with Gasteiger partial charge in [0.1, 0.15) is 6.29 Å². The summed E-state index contributed by atoms with van der Waals surface area (Å²) < 4.78 is 0. The molecule has 0 unspecified atom stereocenters. The van der Waals surface area contributed by atoms with Crippen molar-refractivity contribution in [2.24, 2.45) is 5.92 Å². The van der Waals surface area contributed by atoms with Crippen molar-refractivity contribution in [2.75, 3.05) is 0 Å². The Morgan fingerprint density at radius 2 is 1.60 bits per heavy atom. The van der Waals surface area contributed by atoms with Crippen molar-refractivity contribution in [2.45, 2.75) is 37.6 Å². The van der Waals surface area contributed by atoms with E-state index in [0.29, 0.717) is 5.57 Å². The smallest absolute Gasteiger partial charge is 0.231 e. The molecule has 1 aliphatic carbocycles. The normalized spacial score (nSPS) is 24.1. The first-order chi connectivity index (χ1) is 14.7. The van der Waals surface area contributed by atoms with Gasteiger partial charge in [-0.3, -0.25) is 14.9 Å². The summed E-state index contributed by atoms with van der Waals surface area (Å²) in [7, 11) is 0. The predicted molar refractivity (Wildman–Crippen MR) is 120 cm³/mol. The van der Waals surface area contributed by atoms with Crippen molar-refractivity contribution in [3.8, 4) is 0 Å². The number of allylic oxidation sites excluding steroid dienone is 5. The van der Waals surface area contributed by atoms with Gasteiger partial charge in [-0.1, -0.05) is 91.0 Å². The van der Waals surface area contributed by atoms with Crippen molar-refractivity contribution in [1.29, 1.82) is 0 Å². The minimum atomic E-state index is -0.899. The van der Waals surface area contributed by atoms with E-state index in [1.165, 1.54) is 0 Å². The lowest BCUT2D eigenvalue weighted by molar-refractivity contribution is -0.531. The number of nitrogens with zero attached hydrogens (tertiary/aromatic N) is 1. The van der Waals surface area contributed by atoms with Crippen LogP contribution in [-0.2, 0) is 4.79 Å². The first kappa shape index (κ1) is 21.4. The summed E-state index contributed by atoms with van der Waals surface area (Å²) in [5.41, 5.74) is 2.27. The Labute approximate surface area is 177 Å². The molecular formula is C26H27NO3. The number of aldehydes is 1. The van der Waals surface area contributed by atoms with Crippen LogP contribution >= 0.6 is 0 Å². The van der Waals surface area contributed by atoms with Crippen LogP contribution in [0.15, 0.2) is 96.6 Å². The molecule has 3 rings (SSSR count). The van der Waals surface area contributed by atoms with Crippen molar-refractivity contribution >= 4 is 6.29 Å². The van der Waals surface area contributed by atoms with Gasteiger partial charge >= 0.3 is 0 Å². The Hall–Kier alpha value is -3.27. The Morgan fingerprint density at radius 1 is 0.967 bits per heavy atom. The van der Waals surface area contributed by atoms with Gasteiger partial charge in [0, 0.05) is 10.5 Å². The van der Waals surface area contributed by atoms with Crippen LogP contribution in [0.25, 0.3) is 0 Å². The van der Waals surface area contributed by atoms with Crippen LogP contribution in [0, 0.1) is 16.0 Å². The standard InChI is InChI=1S/C26H27NO3/c1-2-3-4-5-8-17-22-18-23(19-28)25(21-15-11-7-12-16-21)26(27(29)30)24(22)20-13-9-6-10-14-20/h2-7,9-16,18-19,22,24-26H,8,17H2,1H3/b3-2+,5-4+/t22-,24+,25+,26+/m0/s1. The summed E-state index contributed by atoms with van der Waals surface area (Å²) in [5.74, 6) is -0.942. The van der Waals surface area contributed by atoms with Gasteiger partial charge in [0.05, 0.1) is 11.8 Å². The molecule has 0 spiro atoms. The van der Waals surface area contributed by atoms with Crippen molar-refractivity contribution < 1.29 is 9.72 Å². The molecule has 0 saturated carbocycles. The molecule has 1 aliphatic rings. The zero-order valence-corrected chi connectivity index (χ0v) is 17.1. The Balaban J connectivity index is 2.08. The number of hydrogen-bond acceptors (Lipinski definition) is 3.